The van der Waals surface area contributed by atoms with Crippen molar-refractivity contribution >= 4 is 11.6 Å². The highest BCUT2D eigenvalue weighted by Gasteiger charge is 2.24. The van der Waals surface area contributed by atoms with Crippen molar-refractivity contribution in [3.63, 3.8) is 0 Å². The molecule has 1 aromatic carbocycles. The molecular formula is C26H24ClF2N5O3. The van der Waals surface area contributed by atoms with Gasteiger partial charge in [-0.3, -0.25) is 14.3 Å². The summed E-state index contributed by atoms with van der Waals surface area (Å²) < 4.78 is 36.4. The van der Waals surface area contributed by atoms with Gasteiger partial charge in [0.25, 0.3) is 5.56 Å². The van der Waals surface area contributed by atoms with Crippen LogP contribution < -0.4 is 10.3 Å². The van der Waals surface area contributed by atoms with Crippen LogP contribution in [0.5, 0.6) is 5.75 Å². The highest BCUT2D eigenvalue weighted by molar-refractivity contribution is 6.32. The van der Waals surface area contributed by atoms with E-state index in [0.29, 0.717) is 11.1 Å². The maximum absolute atomic E-state index is 15.6. The van der Waals surface area contributed by atoms with Crippen LogP contribution >= 0.6 is 11.6 Å². The SMILES string of the molecule is Cc1cnc(COc2cc(C)c(-n3c(C)ncc(-c4ccnc(C(C)(C)O)n4)c3=O)c(F)c2Cl)c(F)c1. The molecule has 8 nitrogen and oxygen atoms in total. The Labute approximate surface area is 216 Å². The molecule has 0 unspecified atom stereocenters. The molecule has 0 atom stereocenters. The first-order chi connectivity index (χ1) is 17.4. The zero-order chi connectivity index (χ0) is 27.1. The number of rotatable bonds is 6. The van der Waals surface area contributed by atoms with Gasteiger partial charge in [0.2, 0.25) is 0 Å². The van der Waals surface area contributed by atoms with Crippen LogP contribution in [0.25, 0.3) is 16.9 Å². The van der Waals surface area contributed by atoms with Crippen LogP contribution in [0, 0.1) is 32.4 Å². The lowest BCUT2D eigenvalue weighted by atomic mass is 10.1. The summed E-state index contributed by atoms with van der Waals surface area (Å²) in [6.45, 7) is 7.62. The molecule has 1 N–H and O–H groups in total. The molecule has 0 aliphatic heterocycles. The van der Waals surface area contributed by atoms with Crippen LogP contribution in [0.15, 0.2) is 41.6 Å². The first kappa shape index (κ1) is 26.3. The molecule has 4 rings (SSSR count). The Hall–Kier alpha value is -3.76. The molecule has 3 aromatic heterocycles. The second kappa shape index (κ2) is 9.95. The molecule has 0 amide bonds. The Morgan fingerprint density at radius 3 is 2.51 bits per heavy atom. The summed E-state index contributed by atoms with van der Waals surface area (Å²) in [7, 11) is 0. The van der Waals surface area contributed by atoms with Gasteiger partial charge in [0.15, 0.2) is 11.6 Å². The van der Waals surface area contributed by atoms with E-state index in [1.165, 1.54) is 50.6 Å². The average molecular weight is 528 g/mol. The van der Waals surface area contributed by atoms with Crippen molar-refractivity contribution in [2.24, 2.45) is 0 Å². The van der Waals surface area contributed by atoms with Gasteiger partial charge in [-0.15, -0.1) is 0 Å². The Kier molecular flexibility index (Phi) is 7.07. The van der Waals surface area contributed by atoms with Crippen LogP contribution in [0.4, 0.5) is 8.78 Å². The fourth-order valence-corrected chi connectivity index (χ4v) is 3.89. The van der Waals surface area contributed by atoms with Gasteiger partial charge in [0.1, 0.15) is 40.3 Å². The molecule has 4 aromatic rings. The molecule has 0 saturated heterocycles. The highest BCUT2D eigenvalue weighted by Crippen LogP contribution is 2.35. The van der Waals surface area contributed by atoms with Gasteiger partial charge in [-0.05, 0) is 63.9 Å². The number of benzene rings is 1. The lowest BCUT2D eigenvalue weighted by molar-refractivity contribution is 0.0688. The van der Waals surface area contributed by atoms with E-state index < -0.39 is 22.8 Å². The van der Waals surface area contributed by atoms with E-state index in [0.717, 1.165) is 4.57 Å². The van der Waals surface area contributed by atoms with Crippen molar-refractivity contribution in [2.45, 2.75) is 46.8 Å². The molecule has 0 aliphatic carbocycles. The Morgan fingerprint density at radius 2 is 1.84 bits per heavy atom. The van der Waals surface area contributed by atoms with Crippen molar-refractivity contribution in [1.82, 2.24) is 24.5 Å². The summed E-state index contributed by atoms with van der Waals surface area (Å²) in [6, 6.07) is 4.28. The van der Waals surface area contributed by atoms with Gasteiger partial charge in [-0.25, -0.2) is 23.7 Å². The van der Waals surface area contributed by atoms with E-state index >= 15 is 4.39 Å². The van der Waals surface area contributed by atoms with Crippen molar-refractivity contribution in [3.05, 3.63) is 92.3 Å². The molecule has 192 valence electrons. The molecule has 0 spiro atoms. The molecule has 0 saturated carbocycles. The summed E-state index contributed by atoms with van der Waals surface area (Å²) in [6.07, 6.45) is 4.25. The van der Waals surface area contributed by atoms with E-state index in [-0.39, 0.29) is 51.7 Å². The lowest BCUT2D eigenvalue weighted by Crippen LogP contribution is -2.26. The third-order valence-corrected chi connectivity index (χ3v) is 5.95. The number of nitrogens with zero attached hydrogens (tertiary/aromatic N) is 5. The monoisotopic (exact) mass is 527 g/mol. The minimum atomic E-state index is -1.34. The normalized spacial score (nSPS) is 11.6. The molecule has 11 heteroatoms. The second-order valence-electron chi connectivity index (χ2n) is 9.08. The third-order valence-electron chi connectivity index (χ3n) is 5.60. The van der Waals surface area contributed by atoms with Gasteiger partial charge >= 0.3 is 0 Å². The largest absolute Gasteiger partial charge is 0.485 e. The minimum absolute atomic E-state index is 0.0253. The van der Waals surface area contributed by atoms with Gasteiger partial charge in [0.05, 0.1) is 16.9 Å². The fourth-order valence-electron chi connectivity index (χ4n) is 3.69. The van der Waals surface area contributed by atoms with E-state index in [1.54, 1.807) is 20.8 Å². The fraction of sp³-hybridized carbons (Fsp3) is 0.269. The van der Waals surface area contributed by atoms with Crippen LogP contribution in [0.3, 0.4) is 0 Å². The summed E-state index contributed by atoms with van der Waals surface area (Å²) in [5, 5.41) is 9.88. The number of aryl methyl sites for hydroxylation is 3. The number of pyridine rings is 1. The zero-order valence-corrected chi connectivity index (χ0v) is 21.6. The van der Waals surface area contributed by atoms with Gasteiger partial charge in [-0.2, -0.15) is 0 Å². The molecule has 3 heterocycles. The molecule has 0 radical (unpaired) electrons. The highest BCUT2D eigenvalue weighted by atomic mass is 35.5. The first-order valence-electron chi connectivity index (χ1n) is 11.3. The van der Waals surface area contributed by atoms with Gasteiger partial charge in [0, 0.05) is 18.6 Å². The summed E-state index contributed by atoms with van der Waals surface area (Å²) in [4.78, 5) is 30.1. The second-order valence-corrected chi connectivity index (χ2v) is 9.46. The number of ether oxygens (including phenoxy) is 1. The van der Waals surface area contributed by atoms with E-state index in [4.69, 9.17) is 16.3 Å². The Morgan fingerprint density at radius 1 is 1.11 bits per heavy atom. The van der Waals surface area contributed by atoms with E-state index in [2.05, 4.69) is 19.9 Å². The molecule has 0 fully saturated rings. The number of hydrogen-bond acceptors (Lipinski definition) is 7. The lowest BCUT2D eigenvalue weighted by Gasteiger charge is -2.18. The first-order valence-corrected chi connectivity index (χ1v) is 11.6. The number of halogens is 3. The zero-order valence-electron chi connectivity index (χ0n) is 20.8. The van der Waals surface area contributed by atoms with Crippen molar-refractivity contribution in [3.8, 4) is 22.7 Å². The van der Waals surface area contributed by atoms with Crippen LogP contribution in [0.2, 0.25) is 5.02 Å². The molecule has 0 aliphatic rings. The van der Waals surface area contributed by atoms with Crippen molar-refractivity contribution in [2.75, 3.05) is 0 Å². The van der Waals surface area contributed by atoms with E-state index in [1.807, 2.05) is 0 Å². The summed E-state index contributed by atoms with van der Waals surface area (Å²) >= 11 is 6.29. The number of hydrogen-bond donors (Lipinski definition) is 1. The van der Waals surface area contributed by atoms with Gasteiger partial charge in [-0.1, -0.05) is 11.6 Å². The predicted octanol–water partition coefficient (Wildman–Crippen LogP) is 4.75. The van der Waals surface area contributed by atoms with Crippen molar-refractivity contribution in [1.29, 1.82) is 0 Å². The van der Waals surface area contributed by atoms with E-state index in [9.17, 15) is 14.3 Å². The Bertz CT molecular complexity index is 1570. The van der Waals surface area contributed by atoms with Crippen LogP contribution in [-0.2, 0) is 12.2 Å². The summed E-state index contributed by atoms with van der Waals surface area (Å²) in [5.74, 6) is -1.15. The third kappa shape index (κ3) is 5.21. The molecular weight excluding hydrogens is 504 g/mol. The standard InChI is InChI=1S/C26H24ClF2N5O3/c1-13-8-17(28)19(32-10-13)12-37-20-9-14(2)23(22(29)21(20)27)34-15(3)31-11-16(24(34)35)18-6-7-30-25(33-18)26(4,5)36/h6-11,36H,12H2,1-5H3. The molecule has 37 heavy (non-hydrogen) atoms. The smallest absolute Gasteiger partial charge is 0.267 e. The predicted molar refractivity (Wildman–Crippen MR) is 134 cm³/mol. The minimum Gasteiger partial charge on any atom is -0.485 e. The summed E-state index contributed by atoms with van der Waals surface area (Å²) in [5.41, 5.74) is -0.710. The quantitative estimate of drug-likeness (QED) is 0.386. The molecule has 0 bridgehead atoms. The average Bonchev–Trinajstić information content (AvgIpc) is 2.83. The van der Waals surface area contributed by atoms with Crippen molar-refractivity contribution < 1.29 is 18.6 Å². The van der Waals surface area contributed by atoms with Crippen LogP contribution in [-0.4, -0.2) is 29.6 Å². The van der Waals surface area contributed by atoms with Gasteiger partial charge < -0.3 is 9.84 Å². The maximum Gasteiger partial charge on any atom is 0.267 e. The number of aliphatic hydroxyl groups is 1. The topological polar surface area (TPSA) is 103 Å². The number of aromatic nitrogens is 5. The maximum atomic E-state index is 15.6. The van der Waals surface area contributed by atoms with Crippen LogP contribution in [0.1, 0.15) is 42.3 Å². The Balaban J connectivity index is 1.77.